The molecule has 0 spiro atoms. The summed E-state index contributed by atoms with van der Waals surface area (Å²) in [5, 5.41) is 12.5. The summed E-state index contributed by atoms with van der Waals surface area (Å²) < 4.78 is 7.29. The second-order valence-electron chi connectivity index (χ2n) is 7.28. The molecule has 0 bridgehead atoms. The topological polar surface area (TPSA) is 55.9 Å². The normalized spacial score (nSPS) is 11.1. The number of hydrogen-bond donors (Lipinski definition) is 1. The van der Waals surface area contributed by atoms with Crippen molar-refractivity contribution < 1.29 is 4.52 Å². The van der Waals surface area contributed by atoms with Gasteiger partial charge in [-0.1, -0.05) is 65.8 Å². The highest BCUT2D eigenvalue weighted by atomic mass is 16.5. The van der Waals surface area contributed by atoms with E-state index in [9.17, 15) is 0 Å². The van der Waals surface area contributed by atoms with Crippen LogP contribution < -0.4 is 5.32 Å². The Kier molecular flexibility index (Phi) is 5.86. The highest BCUT2D eigenvalue weighted by molar-refractivity contribution is 5.62. The van der Waals surface area contributed by atoms with Gasteiger partial charge in [-0.15, -0.1) is 0 Å². The second kappa shape index (κ2) is 8.88. The molecule has 2 heterocycles. The lowest BCUT2D eigenvalue weighted by atomic mass is 10.1. The molecule has 0 radical (unpaired) electrons. The molecule has 5 nitrogen and oxygen atoms in total. The molecule has 0 saturated carbocycles. The van der Waals surface area contributed by atoms with Gasteiger partial charge in [0, 0.05) is 29.4 Å². The van der Waals surface area contributed by atoms with Crippen LogP contribution in [0.4, 0.5) is 0 Å². The molecule has 0 amide bonds. The number of benzene rings is 2. The van der Waals surface area contributed by atoms with Crippen molar-refractivity contribution in [2.75, 3.05) is 6.54 Å². The van der Waals surface area contributed by atoms with Crippen LogP contribution >= 0.6 is 0 Å². The molecule has 0 aliphatic heterocycles. The van der Waals surface area contributed by atoms with Crippen molar-refractivity contribution in [2.24, 2.45) is 0 Å². The molecule has 29 heavy (non-hydrogen) atoms. The van der Waals surface area contributed by atoms with Crippen LogP contribution in [0.15, 0.2) is 71.4 Å². The van der Waals surface area contributed by atoms with Gasteiger partial charge in [-0.3, -0.25) is 4.68 Å². The highest BCUT2D eigenvalue weighted by Gasteiger charge is 2.12. The van der Waals surface area contributed by atoms with Crippen molar-refractivity contribution in [3.8, 4) is 11.3 Å². The zero-order valence-corrected chi connectivity index (χ0v) is 16.9. The van der Waals surface area contributed by atoms with Gasteiger partial charge in [0.2, 0.25) is 0 Å². The van der Waals surface area contributed by atoms with Crippen LogP contribution in [-0.4, -0.2) is 21.5 Å². The average molecular weight is 386 g/mol. The number of rotatable bonds is 8. The zero-order valence-electron chi connectivity index (χ0n) is 16.9. The minimum absolute atomic E-state index is 0.764. The molecule has 1 N–H and O–H groups in total. The maximum absolute atomic E-state index is 5.26. The van der Waals surface area contributed by atoms with Crippen LogP contribution in [0.5, 0.6) is 0 Å². The van der Waals surface area contributed by atoms with Crippen molar-refractivity contribution in [1.29, 1.82) is 0 Å². The number of nitrogens with one attached hydrogen (secondary N) is 1. The third-order valence-electron chi connectivity index (χ3n) is 5.12. The first-order valence-electron chi connectivity index (χ1n) is 9.99. The van der Waals surface area contributed by atoms with Gasteiger partial charge in [-0.25, -0.2) is 0 Å². The van der Waals surface area contributed by atoms with E-state index in [1.807, 2.05) is 30.7 Å². The van der Waals surface area contributed by atoms with E-state index in [4.69, 9.17) is 9.62 Å². The molecule has 2 aromatic carbocycles. The molecule has 148 valence electrons. The Labute approximate surface area is 171 Å². The van der Waals surface area contributed by atoms with Crippen LogP contribution in [0.25, 0.3) is 11.3 Å². The summed E-state index contributed by atoms with van der Waals surface area (Å²) in [6.07, 6.45) is 3.05. The largest absolute Gasteiger partial charge is 0.361 e. The number of nitrogens with zero attached hydrogens (tertiary/aromatic N) is 3. The van der Waals surface area contributed by atoms with Crippen molar-refractivity contribution in [3.63, 3.8) is 0 Å². The van der Waals surface area contributed by atoms with Crippen molar-refractivity contribution in [1.82, 2.24) is 20.3 Å². The van der Waals surface area contributed by atoms with Gasteiger partial charge >= 0.3 is 0 Å². The van der Waals surface area contributed by atoms with Crippen LogP contribution in [0, 0.1) is 13.8 Å². The molecular weight excluding hydrogens is 360 g/mol. The Balaban J connectivity index is 1.48. The predicted octanol–water partition coefficient (Wildman–Crippen LogP) is 4.54. The van der Waals surface area contributed by atoms with Gasteiger partial charge in [0.25, 0.3) is 0 Å². The molecule has 0 atom stereocenters. The fourth-order valence-electron chi connectivity index (χ4n) is 3.58. The summed E-state index contributed by atoms with van der Waals surface area (Å²) >= 11 is 0. The third kappa shape index (κ3) is 4.63. The smallest absolute Gasteiger partial charge is 0.137 e. The minimum Gasteiger partial charge on any atom is -0.361 e. The van der Waals surface area contributed by atoms with Gasteiger partial charge in [0.15, 0.2) is 0 Å². The van der Waals surface area contributed by atoms with Crippen molar-refractivity contribution in [2.45, 2.75) is 33.4 Å². The lowest BCUT2D eigenvalue weighted by molar-refractivity contribution is 0.392. The first-order valence-corrected chi connectivity index (χ1v) is 9.99. The summed E-state index contributed by atoms with van der Waals surface area (Å²) in [5.74, 6) is 0.907. The van der Waals surface area contributed by atoms with Crippen LogP contribution in [0.3, 0.4) is 0 Å². The van der Waals surface area contributed by atoms with Crippen molar-refractivity contribution >= 4 is 0 Å². The number of aryl methyl sites for hydroxylation is 2. The lowest BCUT2D eigenvalue weighted by Crippen LogP contribution is -2.17. The molecule has 0 aliphatic carbocycles. The summed E-state index contributed by atoms with van der Waals surface area (Å²) in [6, 6.07) is 20.8. The van der Waals surface area contributed by atoms with E-state index in [0.717, 1.165) is 48.8 Å². The van der Waals surface area contributed by atoms with E-state index < -0.39 is 0 Å². The van der Waals surface area contributed by atoms with E-state index >= 15 is 0 Å². The Morgan fingerprint density at radius 3 is 2.38 bits per heavy atom. The van der Waals surface area contributed by atoms with Crippen LogP contribution in [-0.2, 0) is 19.5 Å². The van der Waals surface area contributed by atoms with Crippen LogP contribution in [0.2, 0.25) is 0 Å². The second-order valence-corrected chi connectivity index (χ2v) is 7.28. The van der Waals surface area contributed by atoms with Crippen molar-refractivity contribution in [3.05, 3.63) is 95.0 Å². The SMILES string of the molecule is Cc1noc(C)c1CCNCc1cn(Cc2ccccc2)nc1-c1ccccc1. The minimum atomic E-state index is 0.764. The number of hydrogen-bond acceptors (Lipinski definition) is 4. The molecule has 0 saturated heterocycles. The first kappa shape index (κ1) is 19.2. The molecule has 0 fully saturated rings. The zero-order chi connectivity index (χ0) is 20.1. The summed E-state index contributed by atoms with van der Waals surface area (Å²) in [6.45, 7) is 6.35. The molecule has 4 rings (SSSR count). The Bertz CT molecular complexity index is 1030. The van der Waals surface area contributed by atoms with Gasteiger partial charge in [0.05, 0.1) is 17.9 Å². The summed E-state index contributed by atoms with van der Waals surface area (Å²) in [5.41, 5.74) is 6.79. The van der Waals surface area contributed by atoms with Gasteiger partial charge in [0.1, 0.15) is 5.76 Å². The monoisotopic (exact) mass is 386 g/mol. The molecule has 0 unspecified atom stereocenters. The van der Waals surface area contributed by atoms with E-state index in [1.165, 1.54) is 16.7 Å². The van der Waals surface area contributed by atoms with E-state index in [0.29, 0.717) is 0 Å². The standard InChI is InChI=1S/C24H26N4O/c1-18-23(19(2)29-27-18)13-14-25-15-22-17-28(16-20-9-5-3-6-10-20)26-24(22)21-11-7-4-8-12-21/h3-12,17,25H,13-16H2,1-2H3. The number of aromatic nitrogens is 3. The maximum atomic E-state index is 5.26. The Morgan fingerprint density at radius 1 is 0.966 bits per heavy atom. The van der Waals surface area contributed by atoms with Gasteiger partial charge in [-0.2, -0.15) is 5.10 Å². The summed E-state index contributed by atoms with van der Waals surface area (Å²) in [4.78, 5) is 0. The molecule has 5 heteroatoms. The Morgan fingerprint density at radius 2 is 1.69 bits per heavy atom. The molecule has 4 aromatic rings. The average Bonchev–Trinajstić information content (AvgIpc) is 3.30. The predicted molar refractivity (Wildman–Crippen MR) is 115 cm³/mol. The van der Waals surface area contributed by atoms with E-state index in [-0.39, 0.29) is 0 Å². The fourth-order valence-corrected chi connectivity index (χ4v) is 3.58. The fraction of sp³-hybridized carbons (Fsp3) is 0.250. The maximum Gasteiger partial charge on any atom is 0.137 e. The Hall–Kier alpha value is -3.18. The van der Waals surface area contributed by atoms with Gasteiger partial charge < -0.3 is 9.84 Å². The first-order chi connectivity index (χ1) is 14.2. The molecule has 2 aromatic heterocycles. The van der Waals surface area contributed by atoms with E-state index in [2.05, 4.69) is 65.2 Å². The quantitative estimate of drug-likeness (QED) is 0.452. The molecule has 0 aliphatic rings. The summed E-state index contributed by atoms with van der Waals surface area (Å²) in [7, 11) is 0. The van der Waals surface area contributed by atoms with E-state index in [1.54, 1.807) is 0 Å². The lowest BCUT2D eigenvalue weighted by Gasteiger charge is -2.05. The molecular formula is C24H26N4O. The van der Waals surface area contributed by atoms with Gasteiger partial charge in [-0.05, 0) is 32.4 Å². The highest BCUT2D eigenvalue weighted by Crippen LogP contribution is 2.22. The van der Waals surface area contributed by atoms with Crippen LogP contribution in [0.1, 0.15) is 28.1 Å². The third-order valence-corrected chi connectivity index (χ3v) is 5.12.